The van der Waals surface area contributed by atoms with Crippen molar-refractivity contribution in [2.75, 3.05) is 0 Å². The number of halogens is 2. The molecule has 0 fully saturated rings. The molecule has 0 unspecified atom stereocenters. The molecule has 3 N–H and O–H groups in total. The Kier molecular flexibility index (Phi) is 6.26. The monoisotopic (exact) mass is 453 g/mol. The second-order valence-corrected chi connectivity index (χ2v) is 8.72. The van der Waals surface area contributed by atoms with Crippen LogP contribution in [0.3, 0.4) is 0 Å². The number of hydrogen-bond acceptors (Lipinski definition) is 5. The smallest absolute Gasteiger partial charge is 0.279 e. The van der Waals surface area contributed by atoms with Crippen molar-refractivity contribution >= 4 is 51.1 Å². The van der Waals surface area contributed by atoms with Gasteiger partial charge in [-0.05, 0) is 36.2 Å². The first kappa shape index (κ1) is 20.6. The van der Waals surface area contributed by atoms with E-state index >= 15 is 0 Å². The lowest BCUT2D eigenvalue weighted by Crippen LogP contribution is -2.19. The van der Waals surface area contributed by atoms with Crippen LogP contribution in [-0.2, 0) is 10.0 Å². The first-order valence-electron chi connectivity index (χ1n) is 7.77. The van der Waals surface area contributed by atoms with Crippen molar-refractivity contribution in [3.8, 4) is 11.1 Å². The summed E-state index contributed by atoms with van der Waals surface area (Å²) in [6, 6.07) is 14.6. The molecule has 0 aliphatic carbocycles. The highest BCUT2D eigenvalue weighted by atomic mass is 35.5. The largest absolute Gasteiger partial charge is 0.290 e. The molecule has 10 heteroatoms. The number of amides is 1. The standard InChI is InChI=1S/C18H13Cl2N3O3S2/c19-13-5-3-4-12(17(13)20)11-8-9-14(22-10-11)18(24)23-27-15-6-1-2-7-16(15)28(21,25)26/h1-10H,(H,23,24)(H2,21,25,26). The van der Waals surface area contributed by atoms with E-state index in [-0.39, 0.29) is 10.6 Å². The van der Waals surface area contributed by atoms with Crippen LogP contribution in [0.15, 0.2) is 70.6 Å². The topological polar surface area (TPSA) is 102 Å². The Balaban J connectivity index is 1.75. The van der Waals surface area contributed by atoms with Crippen LogP contribution in [0.5, 0.6) is 0 Å². The molecule has 1 aromatic heterocycles. The van der Waals surface area contributed by atoms with E-state index in [1.165, 1.54) is 18.3 Å². The molecular weight excluding hydrogens is 441 g/mol. The Hall–Kier alpha value is -2.10. The van der Waals surface area contributed by atoms with Crippen LogP contribution < -0.4 is 9.86 Å². The van der Waals surface area contributed by atoms with Gasteiger partial charge in [0.15, 0.2) is 0 Å². The van der Waals surface area contributed by atoms with Crippen molar-refractivity contribution in [3.05, 3.63) is 76.5 Å². The van der Waals surface area contributed by atoms with E-state index in [2.05, 4.69) is 9.71 Å². The van der Waals surface area contributed by atoms with E-state index in [9.17, 15) is 13.2 Å². The Morgan fingerprint density at radius 1 is 1.04 bits per heavy atom. The van der Waals surface area contributed by atoms with Gasteiger partial charge in [-0.15, -0.1) is 0 Å². The molecule has 0 aliphatic rings. The number of aromatic nitrogens is 1. The number of sulfonamides is 1. The molecule has 0 saturated carbocycles. The summed E-state index contributed by atoms with van der Waals surface area (Å²) < 4.78 is 25.8. The van der Waals surface area contributed by atoms with Gasteiger partial charge in [-0.2, -0.15) is 0 Å². The predicted octanol–water partition coefficient (Wildman–Crippen LogP) is 4.14. The van der Waals surface area contributed by atoms with Gasteiger partial charge >= 0.3 is 0 Å². The third-order valence-electron chi connectivity index (χ3n) is 3.67. The molecule has 1 amide bonds. The van der Waals surface area contributed by atoms with E-state index in [0.717, 1.165) is 11.9 Å². The average molecular weight is 454 g/mol. The van der Waals surface area contributed by atoms with Gasteiger partial charge in [0.25, 0.3) is 5.91 Å². The second-order valence-electron chi connectivity index (χ2n) is 5.56. The zero-order chi connectivity index (χ0) is 20.3. The first-order valence-corrected chi connectivity index (χ1v) is 10.9. The molecule has 6 nitrogen and oxygen atoms in total. The van der Waals surface area contributed by atoms with Crippen LogP contribution in [0.1, 0.15) is 10.5 Å². The number of benzene rings is 2. The highest BCUT2D eigenvalue weighted by Crippen LogP contribution is 2.33. The number of carbonyl (C=O) groups is 1. The number of hydrogen-bond donors (Lipinski definition) is 2. The number of nitrogens with one attached hydrogen (secondary N) is 1. The lowest BCUT2D eigenvalue weighted by Gasteiger charge is -2.09. The molecule has 2 aromatic carbocycles. The van der Waals surface area contributed by atoms with E-state index in [4.69, 9.17) is 28.3 Å². The quantitative estimate of drug-likeness (QED) is 0.565. The summed E-state index contributed by atoms with van der Waals surface area (Å²) in [5.41, 5.74) is 1.56. The van der Waals surface area contributed by atoms with Crippen molar-refractivity contribution < 1.29 is 13.2 Å². The molecule has 0 spiro atoms. The molecule has 0 aliphatic heterocycles. The molecule has 144 valence electrons. The van der Waals surface area contributed by atoms with Gasteiger partial charge < -0.3 is 0 Å². The maximum absolute atomic E-state index is 12.3. The van der Waals surface area contributed by atoms with Crippen molar-refractivity contribution in [2.24, 2.45) is 5.14 Å². The predicted molar refractivity (Wildman–Crippen MR) is 111 cm³/mol. The molecular formula is C18H13Cl2N3O3S2. The minimum absolute atomic E-state index is 0.0702. The van der Waals surface area contributed by atoms with Crippen LogP contribution in [-0.4, -0.2) is 19.3 Å². The molecule has 3 rings (SSSR count). The Labute approximate surface area is 176 Å². The molecule has 3 aromatic rings. The zero-order valence-electron chi connectivity index (χ0n) is 14.1. The van der Waals surface area contributed by atoms with Crippen LogP contribution in [0, 0.1) is 0 Å². The third-order valence-corrected chi connectivity index (χ3v) is 6.45. The summed E-state index contributed by atoms with van der Waals surface area (Å²) in [6.07, 6.45) is 1.51. The summed E-state index contributed by atoms with van der Waals surface area (Å²) >= 11 is 13.1. The zero-order valence-corrected chi connectivity index (χ0v) is 17.2. The molecule has 0 atom stereocenters. The number of nitrogens with zero attached hydrogens (tertiary/aromatic N) is 1. The normalized spacial score (nSPS) is 11.2. The van der Waals surface area contributed by atoms with E-state index in [1.54, 1.807) is 42.5 Å². The minimum atomic E-state index is -3.90. The van der Waals surface area contributed by atoms with Crippen molar-refractivity contribution in [2.45, 2.75) is 9.79 Å². The molecule has 1 heterocycles. The number of nitrogens with two attached hydrogens (primary N) is 1. The summed E-state index contributed by atoms with van der Waals surface area (Å²) in [4.78, 5) is 16.7. The van der Waals surface area contributed by atoms with Gasteiger partial charge in [0.2, 0.25) is 10.0 Å². The van der Waals surface area contributed by atoms with Crippen molar-refractivity contribution in [3.63, 3.8) is 0 Å². The summed E-state index contributed by atoms with van der Waals surface area (Å²) in [5, 5.41) is 6.01. The van der Waals surface area contributed by atoms with Crippen molar-refractivity contribution in [1.29, 1.82) is 0 Å². The van der Waals surface area contributed by atoms with Crippen molar-refractivity contribution in [1.82, 2.24) is 9.71 Å². The SMILES string of the molecule is NS(=O)(=O)c1ccccc1SNC(=O)c1ccc(-c2cccc(Cl)c2Cl)cn1. The molecule has 0 radical (unpaired) electrons. The van der Waals surface area contributed by atoms with Gasteiger partial charge in [-0.25, -0.2) is 13.6 Å². The van der Waals surface area contributed by atoms with Crippen LogP contribution in [0.4, 0.5) is 0 Å². The molecule has 0 bridgehead atoms. The lowest BCUT2D eigenvalue weighted by atomic mass is 10.1. The van der Waals surface area contributed by atoms with E-state index in [0.29, 0.717) is 26.1 Å². The lowest BCUT2D eigenvalue weighted by molar-refractivity contribution is 0.0979. The summed E-state index contributed by atoms with van der Waals surface area (Å²) in [6.45, 7) is 0. The highest BCUT2D eigenvalue weighted by Gasteiger charge is 2.16. The van der Waals surface area contributed by atoms with E-state index < -0.39 is 15.9 Å². The number of carbonyl (C=O) groups excluding carboxylic acids is 1. The van der Waals surface area contributed by atoms with Gasteiger partial charge in [-0.1, -0.05) is 53.5 Å². The Bertz CT molecular complexity index is 1140. The summed E-state index contributed by atoms with van der Waals surface area (Å²) in [7, 11) is -3.90. The van der Waals surface area contributed by atoms with Gasteiger partial charge in [0.1, 0.15) is 5.69 Å². The Morgan fingerprint density at radius 3 is 2.46 bits per heavy atom. The molecule has 28 heavy (non-hydrogen) atoms. The highest BCUT2D eigenvalue weighted by molar-refractivity contribution is 7.98. The van der Waals surface area contributed by atoms with Gasteiger partial charge in [0.05, 0.1) is 14.9 Å². The Morgan fingerprint density at radius 2 is 1.79 bits per heavy atom. The van der Waals surface area contributed by atoms with Crippen LogP contribution in [0.25, 0.3) is 11.1 Å². The van der Waals surface area contributed by atoms with Crippen LogP contribution in [0.2, 0.25) is 10.0 Å². The first-order chi connectivity index (χ1) is 13.3. The number of rotatable bonds is 5. The third kappa shape index (κ3) is 4.65. The summed E-state index contributed by atoms with van der Waals surface area (Å²) in [5.74, 6) is -0.488. The fraction of sp³-hybridized carbons (Fsp3) is 0. The number of primary sulfonamides is 1. The fourth-order valence-corrected chi connectivity index (χ4v) is 4.46. The minimum Gasteiger partial charge on any atom is -0.290 e. The second kappa shape index (κ2) is 8.50. The van der Waals surface area contributed by atoms with Gasteiger partial charge in [0, 0.05) is 22.2 Å². The fourth-order valence-electron chi connectivity index (χ4n) is 2.34. The number of pyridine rings is 1. The van der Waals surface area contributed by atoms with E-state index in [1.807, 2.05) is 0 Å². The van der Waals surface area contributed by atoms with Gasteiger partial charge in [-0.3, -0.25) is 14.5 Å². The van der Waals surface area contributed by atoms with Crippen LogP contribution >= 0.6 is 35.1 Å². The average Bonchev–Trinajstić information content (AvgIpc) is 2.68. The molecule has 0 saturated heterocycles. The maximum Gasteiger partial charge on any atom is 0.279 e. The maximum atomic E-state index is 12.3.